The number of carbonyl (C=O) groups is 1. The van der Waals surface area contributed by atoms with Crippen molar-refractivity contribution in [2.45, 2.75) is 29.1 Å². The highest BCUT2D eigenvalue weighted by molar-refractivity contribution is 8.00. The van der Waals surface area contributed by atoms with Crippen molar-refractivity contribution in [2.24, 2.45) is 0 Å². The van der Waals surface area contributed by atoms with Crippen LogP contribution in [-0.2, 0) is 9.53 Å². The zero-order valence-corrected chi connectivity index (χ0v) is 9.87. The lowest BCUT2D eigenvalue weighted by Gasteiger charge is -2.08. The summed E-state index contributed by atoms with van der Waals surface area (Å²) in [6, 6.07) is 7.41. The van der Waals surface area contributed by atoms with Crippen LogP contribution in [0.4, 0.5) is 0 Å². The van der Waals surface area contributed by atoms with Crippen LogP contribution in [0, 0.1) is 0 Å². The SMILES string of the molecule is COC(=O)C(O)c1ccc(SC2CC2)cc1. The average molecular weight is 238 g/mol. The topological polar surface area (TPSA) is 46.5 Å². The van der Waals surface area contributed by atoms with Crippen molar-refractivity contribution in [3.63, 3.8) is 0 Å². The van der Waals surface area contributed by atoms with Gasteiger partial charge in [-0.05, 0) is 30.5 Å². The van der Waals surface area contributed by atoms with Crippen LogP contribution < -0.4 is 0 Å². The van der Waals surface area contributed by atoms with Gasteiger partial charge in [-0.15, -0.1) is 11.8 Å². The minimum atomic E-state index is -1.18. The van der Waals surface area contributed by atoms with Crippen LogP contribution in [0.25, 0.3) is 0 Å². The van der Waals surface area contributed by atoms with Gasteiger partial charge in [0.2, 0.25) is 0 Å². The van der Waals surface area contributed by atoms with Gasteiger partial charge in [0.05, 0.1) is 7.11 Å². The molecule has 1 aliphatic rings. The standard InChI is InChI=1S/C12H14O3S/c1-15-12(14)11(13)8-2-4-9(5-3-8)16-10-6-7-10/h2-5,10-11,13H,6-7H2,1H3. The Labute approximate surface area is 98.8 Å². The second-order valence-electron chi connectivity index (χ2n) is 3.81. The number of rotatable bonds is 4. The molecule has 0 spiro atoms. The van der Waals surface area contributed by atoms with Crippen LogP contribution in [0.2, 0.25) is 0 Å². The average Bonchev–Trinajstić information content (AvgIpc) is 3.12. The number of aliphatic hydroxyl groups excluding tert-OH is 1. The summed E-state index contributed by atoms with van der Waals surface area (Å²) < 4.78 is 4.48. The van der Waals surface area contributed by atoms with Gasteiger partial charge in [0, 0.05) is 10.1 Å². The number of hydrogen-bond donors (Lipinski definition) is 1. The second kappa shape index (κ2) is 4.89. The van der Waals surface area contributed by atoms with Crippen LogP contribution in [-0.4, -0.2) is 23.4 Å². The molecule has 1 aromatic carbocycles. The summed E-state index contributed by atoms with van der Waals surface area (Å²) >= 11 is 1.85. The fourth-order valence-electron chi connectivity index (χ4n) is 1.35. The highest BCUT2D eigenvalue weighted by atomic mass is 32.2. The minimum Gasteiger partial charge on any atom is -0.467 e. The number of ether oxygens (including phenoxy) is 1. The molecule has 4 heteroatoms. The summed E-state index contributed by atoms with van der Waals surface area (Å²) in [5.74, 6) is -0.623. The first-order chi connectivity index (χ1) is 7.70. The molecule has 0 amide bonds. The zero-order chi connectivity index (χ0) is 11.5. The number of esters is 1. The van der Waals surface area contributed by atoms with Crippen molar-refractivity contribution in [1.29, 1.82) is 0 Å². The monoisotopic (exact) mass is 238 g/mol. The molecule has 1 atom stereocenters. The van der Waals surface area contributed by atoms with E-state index in [1.54, 1.807) is 12.1 Å². The molecule has 0 bridgehead atoms. The number of methoxy groups -OCH3 is 1. The van der Waals surface area contributed by atoms with Gasteiger partial charge in [-0.2, -0.15) is 0 Å². The predicted octanol–water partition coefficient (Wildman–Crippen LogP) is 2.15. The van der Waals surface area contributed by atoms with E-state index in [1.807, 2.05) is 23.9 Å². The molecule has 0 saturated heterocycles. The van der Waals surface area contributed by atoms with Gasteiger partial charge >= 0.3 is 5.97 Å². The molecule has 16 heavy (non-hydrogen) atoms. The van der Waals surface area contributed by atoms with Gasteiger partial charge in [-0.1, -0.05) is 12.1 Å². The van der Waals surface area contributed by atoms with Crippen LogP contribution >= 0.6 is 11.8 Å². The molecule has 1 aromatic rings. The molecular weight excluding hydrogens is 224 g/mol. The third kappa shape index (κ3) is 2.77. The molecule has 0 radical (unpaired) electrons. The molecule has 2 rings (SSSR count). The van der Waals surface area contributed by atoms with Gasteiger partial charge < -0.3 is 9.84 Å². The largest absolute Gasteiger partial charge is 0.467 e. The van der Waals surface area contributed by atoms with E-state index in [0.717, 1.165) is 5.25 Å². The summed E-state index contributed by atoms with van der Waals surface area (Å²) in [7, 11) is 1.27. The maximum atomic E-state index is 11.1. The first-order valence-corrected chi connectivity index (χ1v) is 6.11. The van der Waals surface area contributed by atoms with Crippen molar-refractivity contribution < 1.29 is 14.6 Å². The van der Waals surface area contributed by atoms with Gasteiger partial charge in [0.25, 0.3) is 0 Å². The summed E-state index contributed by atoms with van der Waals surface area (Å²) in [6.07, 6.45) is 1.40. The summed E-state index contributed by atoms with van der Waals surface area (Å²) in [5, 5.41) is 10.4. The Kier molecular flexibility index (Phi) is 3.51. The number of thioether (sulfide) groups is 1. The number of hydrogen-bond acceptors (Lipinski definition) is 4. The van der Waals surface area contributed by atoms with Crippen LogP contribution in [0.1, 0.15) is 24.5 Å². The van der Waals surface area contributed by atoms with Crippen molar-refractivity contribution in [1.82, 2.24) is 0 Å². The van der Waals surface area contributed by atoms with Crippen molar-refractivity contribution >= 4 is 17.7 Å². The van der Waals surface area contributed by atoms with E-state index >= 15 is 0 Å². The maximum absolute atomic E-state index is 11.1. The smallest absolute Gasteiger partial charge is 0.339 e. The van der Waals surface area contributed by atoms with Gasteiger partial charge in [-0.3, -0.25) is 0 Å². The van der Waals surface area contributed by atoms with Gasteiger partial charge in [0.15, 0.2) is 6.10 Å². The van der Waals surface area contributed by atoms with E-state index in [1.165, 1.54) is 24.8 Å². The van der Waals surface area contributed by atoms with E-state index in [2.05, 4.69) is 4.74 Å². The zero-order valence-electron chi connectivity index (χ0n) is 9.05. The molecule has 1 aliphatic carbocycles. The van der Waals surface area contributed by atoms with E-state index in [4.69, 9.17) is 0 Å². The Bertz CT molecular complexity index is 370. The number of benzene rings is 1. The third-order valence-corrected chi connectivity index (χ3v) is 3.80. The molecule has 3 nitrogen and oxygen atoms in total. The van der Waals surface area contributed by atoms with Gasteiger partial charge in [-0.25, -0.2) is 4.79 Å². The number of aliphatic hydroxyl groups is 1. The molecule has 0 heterocycles. The lowest BCUT2D eigenvalue weighted by molar-refractivity contribution is -0.150. The lowest BCUT2D eigenvalue weighted by Crippen LogP contribution is -2.13. The first-order valence-electron chi connectivity index (χ1n) is 5.23. The maximum Gasteiger partial charge on any atom is 0.339 e. The number of carbonyl (C=O) groups excluding carboxylic acids is 1. The van der Waals surface area contributed by atoms with E-state index in [0.29, 0.717) is 5.56 Å². The normalized spacial score (nSPS) is 16.9. The van der Waals surface area contributed by atoms with E-state index in [-0.39, 0.29) is 0 Å². The Morgan fingerprint density at radius 1 is 1.44 bits per heavy atom. The Balaban J connectivity index is 2.02. The van der Waals surface area contributed by atoms with E-state index < -0.39 is 12.1 Å². The molecule has 0 aliphatic heterocycles. The fraction of sp³-hybridized carbons (Fsp3) is 0.417. The lowest BCUT2D eigenvalue weighted by atomic mass is 10.1. The van der Waals surface area contributed by atoms with Gasteiger partial charge in [0.1, 0.15) is 0 Å². The van der Waals surface area contributed by atoms with Crippen LogP contribution in [0.5, 0.6) is 0 Å². The summed E-state index contributed by atoms with van der Waals surface area (Å²) in [5.41, 5.74) is 0.576. The molecule has 1 saturated carbocycles. The van der Waals surface area contributed by atoms with Crippen molar-refractivity contribution in [2.75, 3.05) is 7.11 Å². The van der Waals surface area contributed by atoms with E-state index in [9.17, 15) is 9.90 Å². The highest BCUT2D eigenvalue weighted by Crippen LogP contribution is 2.39. The Morgan fingerprint density at radius 3 is 2.56 bits per heavy atom. The molecule has 86 valence electrons. The molecule has 1 N–H and O–H groups in total. The third-order valence-electron chi connectivity index (χ3n) is 2.45. The fourth-order valence-corrected chi connectivity index (χ4v) is 2.40. The first kappa shape index (κ1) is 11.5. The molecule has 0 aromatic heterocycles. The van der Waals surface area contributed by atoms with Crippen molar-refractivity contribution in [3.8, 4) is 0 Å². The summed E-state index contributed by atoms with van der Waals surface area (Å²) in [4.78, 5) is 12.3. The Morgan fingerprint density at radius 2 is 2.06 bits per heavy atom. The highest BCUT2D eigenvalue weighted by Gasteiger charge is 2.23. The second-order valence-corrected chi connectivity index (χ2v) is 5.19. The Hall–Kier alpha value is -1.00. The molecule has 1 unspecified atom stereocenters. The predicted molar refractivity (Wildman–Crippen MR) is 62.3 cm³/mol. The quantitative estimate of drug-likeness (QED) is 0.816. The van der Waals surface area contributed by atoms with Crippen LogP contribution in [0.15, 0.2) is 29.2 Å². The molecular formula is C12H14O3S. The molecule has 1 fully saturated rings. The van der Waals surface area contributed by atoms with Crippen molar-refractivity contribution in [3.05, 3.63) is 29.8 Å². The van der Waals surface area contributed by atoms with Crippen LogP contribution in [0.3, 0.4) is 0 Å². The minimum absolute atomic E-state index is 0.576. The summed E-state index contributed by atoms with van der Waals surface area (Å²) in [6.45, 7) is 0.